The summed E-state index contributed by atoms with van der Waals surface area (Å²) >= 11 is 0. The third-order valence-electron chi connectivity index (χ3n) is 7.87. The molecule has 3 N–H and O–H groups in total. The van der Waals surface area contributed by atoms with E-state index in [1.807, 2.05) is 27.7 Å². The van der Waals surface area contributed by atoms with Gasteiger partial charge in [0, 0.05) is 50.1 Å². The molecule has 2 fully saturated rings. The average Bonchev–Trinajstić information content (AvgIpc) is 3.46. The van der Waals surface area contributed by atoms with E-state index in [1.54, 1.807) is 20.9 Å². The van der Waals surface area contributed by atoms with Crippen LogP contribution in [0.25, 0.3) is 0 Å². The molecule has 45 heavy (non-hydrogen) atoms. The Kier molecular flexibility index (Phi) is 11.4. The molecule has 0 saturated carbocycles. The van der Waals surface area contributed by atoms with Crippen LogP contribution in [0.2, 0.25) is 0 Å². The second kappa shape index (κ2) is 14.6. The van der Waals surface area contributed by atoms with Gasteiger partial charge >= 0.3 is 11.4 Å². The van der Waals surface area contributed by atoms with Gasteiger partial charge in [-0.1, -0.05) is 0 Å². The number of nitrogens with zero attached hydrogens (tertiary/aromatic N) is 3. The Morgan fingerprint density at radius 2 is 1.42 bits per heavy atom. The van der Waals surface area contributed by atoms with Gasteiger partial charge in [0.05, 0.1) is 31.5 Å². The Hall–Kier alpha value is -2.96. The minimum Gasteiger partial charge on any atom is -0.388 e. The van der Waals surface area contributed by atoms with Gasteiger partial charge in [0.2, 0.25) is 0 Å². The number of aliphatic hydroxyl groups is 1. The van der Waals surface area contributed by atoms with Crippen molar-refractivity contribution in [2.24, 2.45) is 5.92 Å². The Morgan fingerprint density at radius 3 is 1.96 bits per heavy atom. The largest absolute Gasteiger partial charge is 0.388 e. The van der Waals surface area contributed by atoms with E-state index in [4.69, 9.17) is 28.5 Å². The van der Waals surface area contributed by atoms with Gasteiger partial charge in [-0.2, -0.15) is 5.06 Å². The van der Waals surface area contributed by atoms with Crippen molar-refractivity contribution < 1.29 is 33.6 Å². The minimum absolute atomic E-state index is 0.000168. The van der Waals surface area contributed by atoms with Crippen LogP contribution in [0, 0.1) is 19.8 Å². The lowest BCUT2D eigenvalue weighted by Crippen LogP contribution is -2.43. The summed E-state index contributed by atoms with van der Waals surface area (Å²) in [6.07, 6.45) is -3.22. The van der Waals surface area contributed by atoms with E-state index < -0.39 is 71.4 Å². The number of methoxy groups -OCH3 is 1. The second-order valence-electron chi connectivity index (χ2n) is 12.1. The molecule has 4 rings (SSSR count). The van der Waals surface area contributed by atoms with Gasteiger partial charge in [0.15, 0.2) is 12.5 Å². The third kappa shape index (κ3) is 7.89. The van der Waals surface area contributed by atoms with E-state index >= 15 is 0 Å². The topological polar surface area (TPSA) is 189 Å². The van der Waals surface area contributed by atoms with Crippen molar-refractivity contribution in [2.45, 2.75) is 96.7 Å². The smallest absolute Gasteiger partial charge is 0.330 e. The fourth-order valence-corrected chi connectivity index (χ4v) is 5.59. The molecule has 2 aliphatic rings. The van der Waals surface area contributed by atoms with E-state index in [-0.39, 0.29) is 32.0 Å². The normalized spacial score (nSPS) is 28.6. The van der Waals surface area contributed by atoms with Gasteiger partial charge in [-0.25, -0.2) is 9.59 Å². The molecular weight excluding hydrogens is 594 g/mol. The molecule has 4 heterocycles. The highest BCUT2D eigenvalue weighted by Gasteiger charge is 2.49. The van der Waals surface area contributed by atoms with Crippen LogP contribution in [0.15, 0.2) is 31.6 Å². The monoisotopic (exact) mass is 639 g/mol. The summed E-state index contributed by atoms with van der Waals surface area (Å²) in [6, 6.07) is 0. The van der Waals surface area contributed by atoms with E-state index in [0.29, 0.717) is 11.1 Å². The quantitative estimate of drug-likeness (QED) is 0.240. The molecule has 0 amide bonds. The molecule has 0 spiro atoms. The number of nitrogens with one attached hydrogen (secondary N) is 2. The molecule has 2 aromatic heterocycles. The maximum atomic E-state index is 12.7. The van der Waals surface area contributed by atoms with Crippen LogP contribution in [0.5, 0.6) is 0 Å². The number of aryl methyl sites for hydroxylation is 2. The van der Waals surface area contributed by atoms with Crippen molar-refractivity contribution in [2.75, 3.05) is 33.9 Å². The Balaban J connectivity index is 1.51. The lowest BCUT2D eigenvalue weighted by atomic mass is 9.98. The molecule has 252 valence electrons. The highest BCUT2D eigenvalue weighted by molar-refractivity contribution is 5.04. The first-order valence-corrected chi connectivity index (χ1v) is 15.0. The van der Waals surface area contributed by atoms with Gasteiger partial charge in [-0.3, -0.25) is 33.5 Å². The SMILES string of the molecule is COC1C(OC(C)C)[C@@H](CON(C)CC2C(O)[C@H](n3cc(C)c(=O)[nH]c3=O)O[C@@H]2COC(C)C)O[C@H]1n1cc(C)c(=O)[nH]c1=O. The summed E-state index contributed by atoms with van der Waals surface area (Å²) in [5, 5.41) is 12.9. The van der Waals surface area contributed by atoms with Crippen LogP contribution >= 0.6 is 0 Å². The Bertz CT molecular complexity index is 1530. The van der Waals surface area contributed by atoms with Crippen molar-refractivity contribution in [1.29, 1.82) is 0 Å². The molecule has 2 aromatic rings. The maximum absolute atomic E-state index is 12.7. The average molecular weight is 640 g/mol. The van der Waals surface area contributed by atoms with Gasteiger partial charge < -0.3 is 28.8 Å². The Labute approximate surface area is 259 Å². The summed E-state index contributed by atoms with van der Waals surface area (Å²) in [5.74, 6) is -0.549. The molecule has 2 aliphatic heterocycles. The Morgan fingerprint density at radius 1 is 0.867 bits per heavy atom. The predicted octanol–water partition coefficient (Wildman–Crippen LogP) is -0.427. The summed E-state index contributed by atoms with van der Waals surface area (Å²) in [6.45, 7) is 11.0. The number of hydroxylamine groups is 2. The maximum Gasteiger partial charge on any atom is 0.330 e. The van der Waals surface area contributed by atoms with Crippen molar-refractivity contribution in [3.63, 3.8) is 0 Å². The van der Waals surface area contributed by atoms with Crippen LogP contribution in [0.3, 0.4) is 0 Å². The lowest BCUT2D eigenvalue weighted by Gasteiger charge is -2.28. The number of ether oxygens (including phenoxy) is 5. The highest BCUT2D eigenvalue weighted by Crippen LogP contribution is 2.36. The number of aliphatic hydroxyl groups excluding tert-OH is 1. The summed E-state index contributed by atoms with van der Waals surface area (Å²) in [5.41, 5.74) is -1.71. The zero-order valence-corrected chi connectivity index (χ0v) is 26.9. The van der Waals surface area contributed by atoms with Crippen LogP contribution in [0.4, 0.5) is 0 Å². The van der Waals surface area contributed by atoms with Crippen molar-refractivity contribution >= 4 is 0 Å². The van der Waals surface area contributed by atoms with Crippen LogP contribution in [-0.4, -0.2) is 106 Å². The highest BCUT2D eigenvalue weighted by atomic mass is 16.7. The van der Waals surface area contributed by atoms with Crippen molar-refractivity contribution in [3.8, 4) is 0 Å². The van der Waals surface area contributed by atoms with E-state index in [0.717, 1.165) is 0 Å². The van der Waals surface area contributed by atoms with Gasteiger partial charge in [-0.05, 0) is 41.5 Å². The van der Waals surface area contributed by atoms with Crippen LogP contribution in [0.1, 0.15) is 51.3 Å². The first kappa shape index (κ1) is 34.9. The summed E-state index contributed by atoms with van der Waals surface area (Å²) in [4.78, 5) is 59.8. The van der Waals surface area contributed by atoms with Gasteiger partial charge in [0.1, 0.15) is 24.4 Å². The first-order valence-electron chi connectivity index (χ1n) is 15.0. The molecule has 0 aliphatic carbocycles. The fraction of sp³-hybridized carbons (Fsp3) is 0.724. The van der Waals surface area contributed by atoms with Crippen LogP contribution in [-0.2, 0) is 28.5 Å². The third-order valence-corrected chi connectivity index (χ3v) is 7.87. The number of aromatic amines is 2. The van der Waals surface area contributed by atoms with E-state index in [2.05, 4.69) is 9.97 Å². The minimum atomic E-state index is -1.14. The molecule has 0 radical (unpaired) electrons. The number of rotatable bonds is 13. The number of hydrogen-bond donors (Lipinski definition) is 3. The van der Waals surface area contributed by atoms with Gasteiger partial charge in [0.25, 0.3) is 11.1 Å². The number of hydrogen-bond acceptors (Lipinski definition) is 12. The molecule has 8 atom stereocenters. The second-order valence-corrected chi connectivity index (χ2v) is 12.1. The predicted molar refractivity (Wildman–Crippen MR) is 160 cm³/mol. The summed E-state index contributed by atoms with van der Waals surface area (Å²) < 4.78 is 32.5. The van der Waals surface area contributed by atoms with Crippen molar-refractivity contribution in [1.82, 2.24) is 24.2 Å². The molecule has 0 bridgehead atoms. The zero-order chi connectivity index (χ0) is 33.2. The molecule has 0 aromatic carbocycles. The van der Waals surface area contributed by atoms with E-state index in [1.165, 1.54) is 33.7 Å². The van der Waals surface area contributed by atoms with E-state index in [9.17, 15) is 24.3 Å². The van der Waals surface area contributed by atoms with Gasteiger partial charge in [-0.15, -0.1) is 0 Å². The molecule has 16 heteroatoms. The molecular formula is C29H45N5O11. The first-order chi connectivity index (χ1) is 21.2. The lowest BCUT2D eigenvalue weighted by molar-refractivity contribution is -0.194. The molecule has 16 nitrogen and oxygen atoms in total. The molecule has 4 unspecified atom stereocenters. The molecule has 2 saturated heterocycles. The standard InChI is InChI=1S/C29H45N5O11/c1-14(2)41-12-19-18(21(35)26(44-19)33-9-16(5)24(36)30-28(33)38)11-32(7)42-13-20-22(43-15(3)4)23(40-8)27(45-20)34-10-17(6)25(37)31-29(34)39/h9-10,14-15,18-23,26-27,35H,11-13H2,1-8H3,(H,30,36,38)(H,31,37,39)/t18?,19-,20-,21?,22?,23?,26-,27-/m1/s1. The summed E-state index contributed by atoms with van der Waals surface area (Å²) in [7, 11) is 3.17. The number of H-pyrrole nitrogens is 2. The number of aromatic nitrogens is 4. The zero-order valence-electron chi connectivity index (χ0n) is 26.9. The fourth-order valence-electron chi connectivity index (χ4n) is 5.59. The van der Waals surface area contributed by atoms with Crippen LogP contribution < -0.4 is 22.5 Å². The van der Waals surface area contributed by atoms with Crippen molar-refractivity contribution in [3.05, 3.63) is 65.2 Å².